The van der Waals surface area contributed by atoms with Crippen LogP contribution in [0.3, 0.4) is 0 Å². The summed E-state index contributed by atoms with van der Waals surface area (Å²) in [5.74, 6) is 1.47. The van der Waals surface area contributed by atoms with E-state index in [1.54, 1.807) is 12.1 Å². The molecular formula is C19H19N3O2. The number of hydrogen-bond acceptors (Lipinski definition) is 5. The Hall–Kier alpha value is -2.66. The Morgan fingerprint density at radius 1 is 1.08 bits per heavy atom. The molecule has 2 N–H and O–H groups in total. The van der Waals surface area contributed by atoms with Crippen molar-refractivity contribution < 1.29 is 9.84 Å². The molecule has 0 spiro atoms. The Bertz CT molecular complexity index is 860. The number of nitrogens with zero attached hydrogens (tertiary/aromatic N) is 2. The molecule has 0 saturated carbocycles. The van der Waals surface area contributed by atoms with Crippen LogP contribution in [0.1, 0.15) is 12.8 Å². The average Bonchev–Trinajstić information content (AvgIpc) is 3.13. The van der Waals surface area contributed by atoms with Gasteiger partial charge in [-0.05, 0) is 37.1 Å². The highest BCUT2D eigenvalue weighted by Gasteiger charge is 2.17. The van der Waals surface area contributed by atoms with Gasteiger partial charge in [0.05, 0.1) is 17.2 Å². The molecule has 1 aromatic heterocycles. The van der Waals surface area contributed by atoms with Gasteiger partial charge in [0.25, 0.3) is 0 Å². The Morgan fingerprint density at radius 3 is 2.75 bits per heavy atom. The summed E-state index contributed by atoms with van der Waals surface area (Å²) in [6, 6.07) is 15.0. The molecule has 0 aliphatic carbocycles. The molecule has 2 heterocycles. The van der Waals surface area contributed by atoms with E-state index in [-0.39, 0.29) is 11.9 Å². The summed E-state index contributed by atoms with van der Waals surface area (Å²) in [6.45, 7) is 1.56. The van der Waals surface area contributed by atoms with Crippen LogP contribution in [0.4, 0.5) is 5.82 Å². The van der Waals surface area contributed by atoms with Gasteiger partial charge < -0.3 is 15.2 Å². The van der Waals surface area contributed by atoms with Crippen molar-refractivity contribution in [3.05, 3.63) is 48.5 Å². The number of aromatic hydroxyl groups is 1. The number of para-hydroxylation sites is 2. The summed E-state index contributed by atoms with van der Waals surface area (Å²) >= 11 is 0. The van der Waals surface area contributed by atoms with E-state index in [0.29, 0.717) is 11.4 Å². The number of hydrogen-bond donors (Lipinski definition) is 2. The Balaban J connectivity index is 1.74. The largest absolute Gasteiger partial charge is 0.507 e. The summed E-state index contributed by atoms with van der Waals surface area (Å²) in [6.07, 6.45) is 2.41. The monoisotopic (exact) mass is 321 g/mol. The van der Waals surface area contributed by atoms with Gasteiger partial charge in [-0.2, -0.15) is 0 Å². The van der Waals surface area contributed by atoms with E-state index in [4.69, 9.17) is 4.74 Å². The zero-order valence-electron chi connectivity index (χ0n) is 13.3. The zero-order chi connectivity index (χ0) is 16.4. The maximum atomic E-state index is 10.1. The summed E-state index contributed by atoms with van der Waals surface area (Å²) in [4.78, 5) is 9.26. The maximum absolute atomic E-state index is 10.1. The van der Waals surface area contributed by atoms with E-state index in [2.05, 4.69) is 15.3 Å². The number of benzene rings is 2. The molecule has 24 heavy (non-hydrogen) atoms. The van der Waals surface area contributed by atoms with Gasteiger partial charge >= 0.3 is 0 Å². The standard InChI is InChI=1S/C19H19N3O2/c23-17-10-4-2-8-15(17)19-21-16-9-3-1-7-14(16)18(22-19)20-12-13-6-5-11-24-13/h1-4,7-10,13,23H,5-6,11-12H2,(H,20,21,22). The van der Waals surface area contributed by atoms with Crippen LogP contribution in [-0.4, -0.2) is 34.3 Å². The molecule has 1 aliphatic rings. The number of phenols is 1. The number of aromatic nitrogens is 2. The van der Waals surface area contributed by atoms with Gasteiger partial charge in [-0.3, -0.25) is 0 Å². The molecule has 0 bridgehead atoms. The van der Waals surface area contributed by atoms with E-state index < -0.39 is 0 Å². The fraction of sp³-hybridized carbons (Fsp3) is 0.263. The lowest BCUT2D eigenvalue weighted by atomic mass is 10.1. The van der Waals surface area contributed by atoms with Gasteiger partial charge in [-0.25, -0.2) is 9.97 Å². The molecule has 2 aromatic carbocycles. The molecule has 1 saturated heterocycles. The maximum Gasteiger partial charge on any atom is 0.165 e. The number of rotatable bonds is 4. The van der Waals surface area contributed by atoms with Crippen LogP contribution in [0.15, 0.2) is 48.5 Å². The molecule has 3 aromatic rings. The second-order valence-electron chi connectivity index (χ2n) is 5.95. The molecule has 1 unspecified atom stereocenters. The molecule has 0 radical (unpaired) electrons. The van der Waals surface area contributed by atoms with E-state index in [0.717, 1.165) is 42.7 Å². The second-order valence-corrected chi connectivity index (χ2v) is 5.95. The van der Waals surface area contributed by atoms with Gasteiger partial charge in [0.15, 0.2) is 5.82 Å². The van der Waals surface area contributed by atoms with E-state index in [1.165, 1.54) is 0 Å². The number of nitrogens with one attached hydrogen (secondary N) is 1. The predicted molar refractivity (Wildman–Crippen MR) is 94.1 cm³/mol. The van der Waals surface area contributed by atoms with Gasteiger partial charge in [-0.15, -0.1) is 0 Å². The van der Waals surface area contributed by atoms with E-state index in [9.17, 15) is 5.11 Å². The molecule has 4 rings (SSSR count). The Kier molecular flexibility index (Phi) is 4.01. The minimum atomic E-state index is 0.179. The molecule has 0 amide bonds. The molecule has 122 valence electrons. The lowest BCUT2D eigenvalue weighted by Crippen LogP contribution is -2.19. The smallest absolute Gasteiger partial charge is 0.165 e. The highest BCUT2D eigenvalue weighted by atomic mass is 16.5. The van der Waals surface area contributed by atoms with Crippen molar-refractivity contribution in [1.29, 1.82) is 0 Å². The van der Waals surface area contributed by atoms with E-state index in [1.807, 2.05) is 36.4 Å². The first-order valence-corrected chi connectivity index (χ1v) is 8.22. The second kappa shape index (κ2) is 6.45. The van der Waals surface area contributed by atoms with E-state index >= 15 is 0 Å². The number of phenolic OH excluding ortho intramolecular Hbond substituents is 1. The normalized spacial score (nSPS) is 17.2. The van der Waals surface area contributed by atoms with Crippen LogP contribution in [0.25, 0.3) is 22.3 Å². The minimum Gasteiger partial charge on any atom is -0.507 e. The summed E-state index contributed by atoms with van der Waals surface area (Å²) in [5.41, 5.74) is 1.48. The van der Waals surface area contributed by atoms with Crippen molar-refractivity contribution in [2.45, 2.75) is 18.9 Å². The van der Waals surface area contributed by atoms with Crippen molar-refractivity contribution in [3.8, 4) is 17.1 Å². The number of fused-ring (bicyclic) bond motifs is 1. The highest BCUT2D eigenvalue weighted by Crippen LogP contribution is 2.30. The van der Waals surface area contributed by atoms with Gasteiger partial charge in [0.2, 0.25) is 0 Å². The van der Waals surface area contributed by atoms with Crippen LogP contribution >= 0.6 is 0 Å². The third-order valence-electron chi connectivity index (χ3n) is 4.27. The first kappa shape index (κ1) is 14.9. The summed E-state index contributed by atoms with van der Waals surface area (Å²) in [5, 5.41) is 14.5. The Morgan fingerprint density at radius 2 is 1.92 bits per heavy atom. The van der Waals surface area contributed by atoms with Crippen molar-refractivity contribution in [3.63, 3.8) is 0 Å². The summed E-state index contributed by atoms with van der Waals surface area (Å²) in [7, 11) is 0. The van der Waals surface area contributed by atoms with Crippen LogP contribution < -0.4 is 5.32 Å². The topological polar surface area (TPSA) is 67.3 Å². The SMILES string of the molecule is Oc1ccccc1-c1nc(NCC2CCCO2)c2ccccc2n1. The van der Waals surface area contributed by atoms with Gasteiger partial charge in [0, 0.05) is 18.5 Å². The fourth-order valence-corrected chi connectivity index (χ4v) is 3.01. The van der Waals surface area contributed by atoms with Crippen molar-refractivity contribution in [2.75, 3.05) is 18.5 Å². The number of ether oxygens (including phenoxy) is 1. The van der Waals surface area contributed by atoms with Crippen LogP contribution in [-0.2, 0) is 4.74 Å². The lowest BCUT2D eigenvalue weighted by Gasteiger charge is -2.14. The first-order valence-electron chi connectivity index (χ1n) is 8.22. The average molecular weight is 321 g/mol. The molecule has 1 atom stereocenters. The van der Waals surface area contributed by atoms with Gasteiger partial charge in [-0.1, -0.05) is 24.3 Å². The molecule has 5 nitrogen and oxygen atoms in total. The third-order valence-corrected chi connectivity index (χ3v) is 4.27. The van der Waals surface area contributed by atoms with Crippen LogP contribution in [0.5, 0.6) is 5.75 Å². The van der Waals surface area contributed by atoms with Gasteiger partial charge in [0.1, 0.15) is 11.6 Å². The van der Waals surface area contributed by atoms with Crippen LogP contribution in [0, 0.1) is 0 Å². The molecule has 1 fully saturated rings. The quantitative estimate of drug-likeness (QED) is 0.768. The summed E-state index contributed by atoms with van der Waals surface area (Å²) < 4.78 is 5.67. The molecule has 1 aliphatic heterocycles. The predicted octanol–water partition coefficient (Wildman–Crippen LogP) is 3.59. The van der Waals surface area contributed by atoms with Crippen molar-refractivity contribution in [2.24, 2.45) is 0 Å². The molecular weight excluding hydrogens is 302 g/mol. The number of anilines is 1. The Labute approximate surface area is 140 Å². The first-order chi connectivity index (χ1) is 11.8. The van der Waals surface area contributed by atoms with Crippen molar-refractivity contribution in [1.82, 2.24) is 9.97 Å². The third kappa shape index (κ3) is 2.90. The highest BCUT2D eigenvalue weighted by molar-refractivity contribution is 5.90. The zero-order valence-corrected chi connectivity index (χ0v) is 13.3. The minimum absolute atomic E-state index is 0.179. The fourth-order valence-electron chi connectivity index (χ4n) is 3.01. The lowest BCUT2D eigenvalue weighted by molar-refractivity contribution is 0.120. The van der Waals surface area contributed by atoms with Crippen molar-refractivity contribution >= 4 is 16.7 Å². The van der Waals surface area contributed by atoms with Crippen LogP contribution in [0.2, 0.25) is 0 Å². The molecule has 5 heteroatoms.